The number of hydrogen-bond donors (Lipinski definition) is 1. The Morgan fingerprint density at radius 2 is 2.12 bits per heavy atom. The summed E-state index contributed by atoms with van der Waals surface area (Å²) in [7, 11) is 1.26. The molecule has 0 spiro atoms. The summed E-state index contributed by atoms with van der Waals surface area (Å²) in [6.45, 7) is -2.82. The fourth-order valence-corrected chi connectivity index (χ4v) is 3.60. The van der Waals surface area contributed by atoms with Crippen LogP contribution in [0.2, 0.25) is 5.02 Å². The molecule has 0 aliphatic heterocycles. The van der Waals surface area contributed by atoms with Gasteiger partial charge in [0, 0.05) is 22.0 Å². The number of alkyl halides is 2. The number of halogens is 3. The fourth-order valence-electron chi connectivity index (χ4n) is 2.13. The number of aromatic nitrogens is 2. The summed E-state index contributed by atoms with van der Waals surface area (Å²) in [5, 5.41) is 6.98. The molecule has 0 saturated heterocycles. The Kier molecular flexibility index (Phi) is 4.69. The Morgan fingerprint density at radius 1 is 1.36 bits per heavy atom. The van der Waals surface area contributed by atoms with E-state index in [0.29, 0.717) is 20.5 Å². The average Bonchev–Trinajstić information content (AvgIpc) is 3.20. The van der Waals surface area contributed by atoms with E-state index in [1.54, 1.807) is 18.2 Å². The van der Waals surface area contributed by atoms with E-state index < -0.39 is 18.4 Å². The van der Waals surface area contributed by atoms with Crippen molar-refractivity contribution in [2.45, 2.75) is 6.55 Å². The van der Waals surface area contributed by atoms with Gasteiger partial charge in [0.2, 0.25) is 0 Å². The largest absolute Gasteiger partial charge is 0.465 e. The molecule has 0 bridgehead atoms. The van der Waals surface area contributed by atoms with E-state index in [1.165, 1.54) is 13.2 Å². The maximum absolute atomic E-state index is 12.5. The molecule has 3 rings (SSSR count). The monoisotopic (exact) mass is 385 g/mol. The van der Waals surface area contributed by atoms with E-state index in [1.807, 2.05) is 0 Å². The zero-order valence-electron chi connectivity index (χ0n) is 12.6. The first-order valence-electron chi connectivity index (χ1n) is 6.85. The second-order valence-electron chi connectivity index (χ2n) is 4.86. The van der Waals surface area contributed by atoms with Crippen LogP contribution in [0.5, 0.6) is 0 Å². The number of amides is 1. The fraction of sp³-hybridized carbons (Fsp3) is 0.133. The van der Waals surface area contributed by atoms with Crippen LogP contribution in [0.15, 0.2) is 30.5 Å². The van der Waals surface area contributed by atoms with Crippen molar-refractivity contribution in [2.75, 3.05) is 12.4 Å². The first-order valence-corrected chi connectivity index (χ1v) is 8.05. The smallest absolute Gasteiger partial charge is 0.349 e. The van der Waals surface area contributed by atoms with Crippen molar-refractivity contribution < 1.29 is 23.1 Å². The summed E-state index contributed by atoms with van der Waals surface area (Å²) in [5.74, 6) is -1.18. The van der Waals surface area contributed by atoms with Gasteiger partial charge in [-0.15, -0.1) is 11.3 Å². The second kappa shape index (κ2) is 6.77. The van der Waals surface area contributed by atoms with E-state index in [2.05, 4.69) is 15.2 Å². The number of nitrogens with zero attached hydrogens (tertiary/aromatic N) is 2. The number of carbonyl (C=O) groups is 2. The van der Waals surface area contributed by atoms with Gasteiger partial charge < -0.3 is 10.1 Å². The van der Waals surface area contributed by atoms with Crippen LogP contribution in [0.1, 0.15) is 26.7 Å². The molecule has 1 aromatic carbocycles. The molecule has 2 heterocycles. The van der Waals surface area contributed by atoms with E-state index in [9.17, 15) is 18.4 Å². The van der Waals surface area contributed by atoms with E-state index in [4.69, 9.17) is 11.6 Å². The molecule has 0 atom stereocenters. The number of hydrogen-bond acceptors (Lipinski definition) is 5. The molecule has 0 aliphatic carbocycles. The number of benzene rings is 1. The molecule has 10 heteroatoms. The standard InChI is InChI=1S/C15H10ClF2N3O3S/c1-24-14(23)12-11(16)8-3-2-7(6-10(8)25-12)19-13(22)9-4-5-21(20-9)15(17)18/h2-6,15H,1H3,(H,19,22). The van der Waals surface area contributed by atoms with Crippen molar-refractivity contribution in [3.05, 3.63) is 46.1 Å². The number of rotatable bonds is 4. The van der Waals surface area contributed by atoms with Crippen molar-refractivity contribution in [3.8, 4) is 0 Å². The van der Waals surface area contributed by atoms with Gasteiger partial charge in [-0.25, -0.2) is 9.48 Å². The van der Waals surface area contributed by atoms with Crippen molar-refractivity contribution >= 4 is 50.6 Å². The number of ether oxygens (including phenoxy) is 1. The third kappa shape index (κ3) is 3.33. The number of nitrogens with one attached hydrogen (secondary N) is 1. The third-order valence-electron chi connectivity index (χ3n) is 3.30. The highest BCUT2D eigenvalue weighted by Gasteiger charge is 2.18. The Balaban J connectivity index is 1.86. The van der Waals surface area contributed by atoms with Crippen LogP contribution in [-0.4, -0.2) is 28.8 Å². The van der Waals surface area contributed by atoms with Crippen molar-refractivity contribution in [1.29, 1.82) is 0 Å². The second-order valence-corrected chi connectivity index (χ2v) is 6.29. The van der Waals surface area contributed by atoms with E-state index in [0.717, 1.165) is 17.5 Å². The number of esters is 1. The Bertz CT molecular complexity index is 970. The first-order chi connectivity index (χ1) is 11.9. The molecule has 1 N–H and O–H groups in total. The lowest BCUT2D eigenvalue weighted by Gasteiger charge is -2.03. The number of carbonyl (C=O) groups excluding carboxylic acids is 2. The maximum Gasteiger partial charge on any atom is 0.349 e. The van der Waals surface area contributed by atoms with Gasteiger partial charge in [-0.3, -0.25) is 4.79 Å². The van der Waals surface area contributed by atoms with Gasteiger partial charge in [-0.2, -0.15) is 13.9 Å². The summed E-state index contributed by atoms with van der Waals surface area (Å²) in [6.07, 6.45) is 1.02. The topological polar surface area (TPSA) is 73.2 Å². The third-order valence-corrected chi connectivity index (χ3v) is 4.94. The van der Waals surface area contributed by atoms with Crippen LogP contribution in [-0.2, 0) is 4.74 Å². The Morgan fingerprint density at radius 3 is 2.76 bits per heavy atom. The van der Waals surface area contributed by atoms with Gasteiger partial charge in [-0.05, 0) is 24.3 Å². The molecule has 130 valence electrons. The number of anilines is 1. The summed E-state index contributed by atoms with van der Waals surface area (Å²) in [6, 6.07) is 6.05. The van der Waals surface area contributed by atoms with Gasteiger partial charge in [0.25, 0.3) is 5.91 Å². The van der Waals surface area contributed by atoms with Crippen LogP contribution < -0.4 is 5.32 Å². The highest BCUT2D eigenvalue weighted by Crippen LogP contribution is 2.37. The summed E-state index contributed by atoms with van der Waals surface area (Å²) in [5.41, 5.74) is 0.276. The molecule has 1 amide bonds. The summed E-state index contributed by atoms with van der Waals surface area (Å²) >= 11 is 7.28. The quantitative estimate of drug-likeness (QED) is 0.683. The molecule has 25 heavy (non-hydrogen) atoms. The summed E-state index contributed by atoms with van der Waals surface area (Å²) < 4.78 is 30.7. The molecular weight excluding hydrogens is 376 g/mol. The lowest BCUT2D eigenvalue weighted by molar-refractivity contribution is 0.0560. The minimum atomic E-state index is -2.82. The summed E-state index contributed by atoms with van der Waals surface area (Å²) in [4.78, 5) is 24.0. The molecule has 2 aromatic heterocycles. The van der Waals surface area contributed by atoms with Gasteiger partial charge in [0.05, 0.1) is 12.1 Å². The first kappa shape index (κ1) is 17.3. The molecule has 0 fully saturated rings. The molecule has 3 aromatic rings. The van der Waals surface area contributed by atoms with Crippen molar-refractivity contribution in [3.63, 3.8) is 0 Å². The van der Waals surface area contributed by atoms with Gasteiger partial charge in [-0.1, -0.05) is 11.6 Å². The minimum absolute atomic E-state index is 0.139. The number of methoxy groups -OCH3 is 1. The zero-order chi connectivity index (χ0) is 18.1. The Hall–Kier alpha value is -2.52. The van der Waals surface area contributed by atoms with Gasteiger partial charge >= 0.3 is 12.5 Å². The number of fused-ring (bicyclic) bond motifs is 1. The molecule has 6 nitrogen and oxygen atoms in total. The normalized spacial score (nSPS) is 11.1. The van der Waals surface area contributed by atoms with Gasteiger partial charge in [0.15, 0.2) is 5.69 Å². The van der Waals surface area contributed by atoms with Crippen LogP contribution in [0.25, 0.3) is 10.1 Å². The number of thiophene rings is 1. The molecular formula is C15H10ClF2N3O3S. The lowest BCUT2D eigenvalue weighted by atomic mass is 10.2. The SMILES string of the molecule is COC(=O)c1sc2cc(NC(=O)c3ccn(C(F)F)n3)ccc2c1Cl. The van der Waals surface area contributed by atoms with Crippen LogP contribution >= 0.6 is 22.9 Å². The van der Waals surface area contributed by atoms with Gasteiger partial charge in [0.1, 0.15) is 4.88 Å². The van der Waals surface area contributed by atoms with Crippen LogP contribution in [0.4, 0.5) is 14.5 Å². The predicted molar refractivity (Wildman–Crippen MR) is 89.6 cm³/mol. The lowest BCUT2D eigenvalue weighted by Crippen LogP contribution is -2.13. The average molecular weight is 386 g/mol. The van der Waals surface area contributed by atoms with Crippen LogP contribution in [0, 0.1) is 0 Å². The highest BCUT2D eigenvalue weighted by molar-refractivity contribution is 7.21. The van der Waals surface area contributed by atoms with E-state index >= 15 is 0 Å². The van der Waals surface area contributed by atoms with E-state index in [-0.39, 0.29) is 15.6 Å². The van der Waals surface area contributed by atoms with Crippen LogP contribution in [0.3, 0.4) is 0 Å². The predicted octanol–water partition coefficient (Wildman–Crippen LogP) is 4.19. The molecule has 0 unspecified atom stereocenters. The van der Waals surface area contributed by atoms with Crippen molar-refractivity contribution in [1.82, 2.24) is 9.78 Å². The maximum atomic E-state index is 12.5. The Labute approximate surface area is 148 Å². The molecule has 0 saturated carbocycles. The minimum Gasteiger partial charge on any atom is -0.465 e. The highest BCUT2D eigenvalue weighted by atomic mass is 35.5. The van der Waals surface area contributed by atoms with Crippen molar-refractivity contribution in [2.24, 2.45) is 0 Å². The zero-order valence-corrected chi connectivity index (χ0v) is 14.2. The molecule has 0 aliphatic rings. The molecule has 0 radical (unpaired) electrons.